The largest absolute Gasteiger partial charge is 0.377 e. The van der Waals surface area contributed by atoms with Gasteiger partial charge in [0.25, 0.3) is 0 Å². The second kappa shape index (κ2) is 4.65. The predicted octanol–water partition coefficient (Wildman–Crippen LogP) is 3.01. The van der Waals surface area contributed by atoms with Gasteiger partial charge >= 0.3 is 0 Å². The van der Waals surface area contributed by atoms with E-state index in [9.17, 15) is 0 Å². The Morgan fingerprint density at radius 1 is 1.60 bits per heavy atom. The normalized spacial score (nSPS) is 10.5. The van der Waals surface area contributed by atoms with Crippen LogP contribution in [0.2, 0.25) is 0 Å². The zero-order valence-corrected chi connectivity index (χ0v) is 9.82. The minimum absolute atomic E-state index is 0.447. The van der Waals surface area contributed by atoms with Gasteiger partial charge < -0.3 is 9.72 Å². The standard InChI is InChI=1S/C10H10N2OS2/c1-13-6-9-11-7(5-10(14)12-9)8-3-2-4-15-8/h2-5H,6H2,1H3,(H,11,12,14). The van der Waals surface area contributed by atoms with E-state index in [1.54, 1.807) is 18.4 Å². The lowest BCUT2D eigenvalue weighted by molar-refractivity contribution is 0.178. The number of nitrogens with one attached hydrogen (secondary N) is 1. The van der Waals surface area contributed by atoms with E-state index < -0.39 is 0 Å². The summed E-state index contributed by atoms with van der Waals surface area (Å²) < 4.78 is 5.61. The Morgan fingerprint density at radius 2 is 2.47 bits per heavy atom. The average Bonchev–Trinajstić information content (AvgIpc) is 2.70. The van der Waals surface area contributed by atoms with Crippen molar-refractivity contribution in [2.45, 2.75) is 6.61 Å². The highest BCUT2D eigenvalue weighted by molar-refractivity contribution is 7.71. The van der Waals surface area contributed by atoms with Crippen LogP contribution in [0.4, 0.5) is 0 Å². The molecule has 0 radical (unpaired) electrons. The van der Waals surface area contributed by atoms with Crippen molar-refractivity contribution in [3.05, 3.63) is 34.0 Å². The fourth-order valence-electron chi connectivity index (χ4n) is 1.28. The van der Waals surface area contributed by atoms with Gasteiger partial charge in [-0.2, -0.15) is 0 Å². The van der Waals surface area contributed by atoms with Crippen LogP contribution in [-0.4, -0.2) is 17.1 Å². The van der Waals surface area contributed by atoms with Crippen molar-refractivity contribution >= 4 is 23.6 Å². The van der Waals surface area contributed by atoms with Gasteiger partial charge in [0, 0.05) is 7.11 Å². The first-order valence-corrected chi connectivity index (χ1v) is 5.71. The number of thiophene rings is 1. The van der Waals surface area contributed by atoms with Crippen molar-refractivity contribution in [3.8, 4) is 10.6 Å². The molecule has 2 heterocycles. The first-order chi connectivity index (χ1) is 7.29. The molecular weight excluding hydrogens is 228 g/mol. The van der Waals surface area contributed by atoms with Crippen molar-refractivity contribution in [2.75, 3.05) is 7.11 Å². The summed E-state index contributed by atoms with van der Waals surface area (Å²) in [6.45, 7) is 0.447. The molecule has 0 bridgehead atoms. The number of methoxy groups -OCH3 is 1. The molecule has 2 aromatic rings. The highest BCUT2D eigenvalue weighted by atomic mass is 32.1. The summed E-state index contributed by atoms with van der Waals surface area (Å²) in [7, 11) is 1.64. The zero-order valence-electron chi connectivity index (χ0n) is 8.19. The quantitative estimate of drug-likeness (QED) is 0.835. The van der Waals surface area contributed by atoms with Gasteiger partial charge in [-0.15, -0.1) is 11.3 Å². The summed E-state index contributed by atoms with van der Waals surface area (Å²) in [5.74, 6) is 0.758. The molecule has 3 nitrogen and oxygen atoms in total. The lowest BCUT2D eigenvalue weighted by Gasteiger charge is -2.03. The van der Waals surface area contributed by atoms with Crippen molar-refractivity contribution in [3.63, 3.8) is 0 Å². The summed E-state index contributed by atoms with van der Waals surface area (Å²) in [6, 6.07) is 5.91. The first kappa shape index (κ1) is 10.5. The Hall–Kier alpha value is -1.04. The molecule has 1 N–H and O–H groups in total. The summed E-state index contributed by atoms with van der Waals surface area (Å²) in [6.07, 6.45) is 0. The second-order valence-corrected chi connectivity index (χ2v) is 4.36. The molecule has 0 amide bonds. The average molecular weight is 238 g/mol. The van der Waals surface area contributed by atoms with Crippen LogP contribution in [0.25, 0.3) is 10.6 Å². The Labute approximate surface area is 96.8 Å². The maximum atomic E-state index is 5.09. The summed E-state index contributed by atoms with van der Waals surface area (Å²) >= 11 is 6.76. The minimum Gasteiger partial charge on any atom is -0.377 e. The highest BCUT2D eigenvalue weighted by Gasteiger charge is 2.02. The maximum absolute atomic E-state index is 5.09. The molecule has 0 aliphatic heterocycles. The third kappa shape index (κ3) is 2.50. The predicted molar refractivity (Wildman–Crippen MR) is 63.4 cm³/mol. The number of nitrogens with zero attached hydrogens (tertiary/aromatic N) is 1. The van der Waals surface area contributed by atoms with Crippen LogP contribution in [0.5, 0.6) is 0 Å². The van der Waals surface area contributed by atoms with Gasteiger partial charge in [-0.3, -0.25) is 0 Å². The Kier molecular flexibility index (Phi) is 3.25. The monoisotopic (exact) mass is 238 g/mol. The number of aromatic amines is 1. The number of hydrogen-bond donors (Lipinski definition) is 1. The van der Waals surface area contributed by atoms with Gasteiger partial charge in [-0.25, -0.2) is 4.98 Å². The Bertz CT molecular complexity index is 490. The summed E-state index contributed by atoms with van der Waals surface area (Å²) in [5.41, 5.74) is 0.997. The SMILES string of the molecule is COCc1nc(=S)cc(-c2cccs2)[nH]1. The number of ether oxygens (including phenoxy) is 1. The lowest BCUT2D eigenvalue weighted by atomic mass is 10.3. The van der Waals surface area contributed by atoms with E-state index in [0.29, 0.717) is 11.2 Å². The number of H-pyrrole nitrogens is 1. The number of rotatable bonds is 3. The number of aromatic nitrogens is 2. The fraction of sp³-hybridized carbons (Fsp3) is 0.200. The van der Waals surface area contributed by atoms with E-state index >= 15 is 0 Å². The highest BCUT2D eigenvalue weighted by Crippen LogP contribution is 2.22. The van der Waals surface area contributed by atoms with Crippen LogP contribution in [0.1, 0.15) is 5.82 Å². The smallest absolute Gasteiger partial charge is 0.134 e. The van der Waals surface area contributed by atoms with E-state index in [1.807, 2.05) is 23.6 Å². The molecule has 15 heavy (non-hydrogen) atoms. The maximum Gasteiger partial charge on any atom is 0.134 e. The van der Waals surface area contributed by atoms with E-state index in [2.05, 4.69) is 9.97 Å². The molecule has 2 rings (SSSR count). The molecule has 0 aliphatic carbocycles. The van der Waals surface area contributed by atoms with Gasteiger partial charge in [0.2, 0.25) is 0 Å². The summed E-state index contributed by atoms with van der Waals surface area (Å²) in [5, 5.41) is 2.03. The van der Waals surface area contributed by atoms with Crippen molar-refractivity contribution in [1.29, 1.82) is 0 Å². The van der Waals surface area contributed by atoms with Crippen LogP contribution in [-0.2, 0) is 11.3 Å². The molecule has 78 valence electrons. The number of hydrogen-bond acceptors (Lipinski definition) is 4. The van der Waals surface area contributed by atoms with Gasteiger partial charge in [0.15, 0.2) is 0 Å². The molecule has 0 atom stereocenters. The minimum atomic E-state index is 0.447. The van der Waals surface area contributed by atoms with Gasteiger partial charge in [0.05, 0.1) is 10.6 Å². The Balaban J connectivity index is 2.44. The van der Waals surface area contributed by atoms with Gasteiger partial charge in [-0.05, 0) is 17.5 Å². The molecule has 0 unspecified atom stereocenters. The molecule has 0 saturated carbocycles. The second-order valence-electron chi connectivity index (χ2n) is 2.99. The molecule has 2 aromatic heterocycles. The van der Waals surface area contributed by atoms with Crippen molar-refractivity contribution in [1.82, 2.24) is 9.97 Å². The molecule has 0 aliphatic rings. The zero-order chi connectivity index (χ0) is 10.7. The third-order valence-corrected chi connectivity index (χ3v) is 2.97. The van der Waals surface area contributed by atoms with Gasteiger partial charge in [0.1, 0.15) is 17.1 Å². The molecular formula is C10H10N2OS2. The molecule has 5 heteroatoms. The van der Waals surface area contributed by atoms with Crippen LogP contribution in [0.15, 0.2) is 23.6 Å². The van der Waals surface area contributed by atoms with E-state index in [-0.39, 0.29) is 0 Å². The van der Waals surface area contributed by atoms with Crippen LogP contribution in [0.3, 0.4) is 0 Å². The molecule has 0 aromatic carbocycles. The van der Waals surface area contributed by atoms with Crippen LogP contribution >= 0.6 is 23.6 Å². The van der Waals surface area contributed by atoms with Crippen LogP contribution in [0, 0.1) is 4.64 Å². The van der Waals surface area contributed by atoms with Gasteiger partial charge in [-0.1, -0.05) is 18.3 Å². The van der Waals surface area contributed by atoms with Crippen molar-refractivity contribution < 1.29 is 4.74 Å². The van der Waals surface area contributed by atoms with E-state index in [4.69, 9.17) is 17.0 Å². The molecule has 0 saturated heterocycles. The molecule has 0 spiro atoms. The summed E-state index contributed by atoms with van der Waals surface area (Å²) in [4.78, 5) is 8.52. The Morgan fingerprint density at radius 3 is 3.13 bits per heavy atom. The molecule has 0 fully saturated rings. The first-order valence-electron chi connectivity index (χ1n) is 4.42. The van der Waals surface area contributed by atoms with E-state index in [1.165, 1.54) is 0 Å². The van der Waals surface area contributed by atoms with E-state index in [0.717, 1.165) is 16.4 Å². The third-order valence-electron chi connectivity index (χ3n) is 1.86. The topological polar surface area (TPSA) is 37.9 Å². The fourth-order valence-corrected chi connectivity index (χ4v) is 2.20. The van der Waals surface area contributed by atoms with Crippen molar-refractivity contribution in [2.24, 2.45) is 0 Å². The van der Waals surface area contributed by atoms with Crippen LogP contribution < -0.4 is 0 Å². The lowest BCUT2D eigenvalue weighted by Crippen LogP contribution is -1.98.